The lowest BCUT2D eigenvalue weighted by Crippen LogP contribution is -2.13. The van der Waals surface area contributed by atoms with Gasteiger partial charge in [0, 0.05) is 0 Å². The van der Waals surface area contributed by atoms with Crippen molar-refractivity contribution in [1.29, 1.82) is 0 Å². The maximum atomic E-state index is 6.02. The summed E-state index contributed by atoms with van der Waals surface area (Å²) in [6.07, 6.45) is 3.41. The van der Waals surface area contributed by atoms with E-state index in [1.54, 1.807) is 0 Å². The molecule has 2 heteroatoms. The predicted octanol–water partition coefficient (Wildman–Crippen LogP) is 2.30. The van der Waals surface area contributed by atoms with Gasteiger partial charge >= 0.3 is 0 Å². The van der Waals surface area contributed by atoms with E-state index in [1.807, 2.05) is 0 Å². The molecule has 0 aliphatic carbocycles. The summed E-state index contributed by atoms with van der Waals surface area (Å²) in [5, 5.41) is 0. The smallest absolute Gasteiger partial charge is 0.162 e. The zero-order chi connectivity index (χ0) is 5.33. The van der Waals surface area contributed by atoms with Crippen LogP contribution in [0.5, 0.6) is 0 Å². The molecule has 1 aliphatic rings. The second-order valence-electron chi connectivity index (χ2n) is 2.22. The molecule has 1 rings (SSSR count). The van der Waals surface area contributed by atoms with Crippen molar-refractivity contribution in [3.8, 4) is 0 Å². The summed E-state index contributed by atoms with van der Waals surface area (Å²) in [5.74, 6) is 0. The lowest BCUT2D eigenvalue weighted by atomic mass is 10.5. The zero-order valence-electron chi connectivity index (χ0n) is 4.45. The molecule has 0 bridgehead atoms. The molecule has 1 unspecified atom stereocenters. The molecular weight excluding hydrogens is 124 g/mol. The van der Waals surface area contributed by atoms with Gasteiger partial charge < -0.3 is 0 Å². The lowest BCUT2D eigenvalue weighted by molar-refractivity contribution is 1.23. The molecule has 0 saturated carbocycles. The van der Waals surface area contributed by atoms with Gasteiger partial charge in [-0.3, -0.25) is 0 Å². The van der Waals surface area contributed by atoms with Crippen molar-refractivity contribution in [2.24, 2.45) is 0 Å². The Morgan fingerprint density at radius 3 is 2.57 bits per heavy atom. The third-order valence-corrected chi connectivity index (χ3v) is 4.41. The monoisotopic (exact) mass is 132 g/mol. The van der Waals surface area contributed by atoms with E-state index < -0.39 is 7.38 Å². The Hall–Kier alpha value is 0.247. The van der Waals surface area contributed by atoms with Gasteiger partial charge in [-0.05, 0) is 12.5 Å². The summed E-state index contributed by atoms with van der Waals surface area (Å²) in [6, 6.07) is 1.24. The van der Waals surface area contributed by atoms with E-state index in [-0.39, 0.29) is 0 Å². The van der Waals surface area contributed by atoms with E-state index >= 15 is 0 Å². The maximum Gasteiger partial charge on any atom is 0.176 e. The number of hydrogen-bond donors (Lipinski definition) is 0. The Kier molecular flexibility index (Phi) is 1.26. The summed E-state index contributed by atoms with van der Waals surface area (Å²) in [4.78, 5) is 0. The molecule has 0 nitrogen and oxygen atoms in total. The summed E-state index contributed by atoms with van der Waals surface area (Å²) in [5.41, 5.74) is 2.20. The Morgan fingerprint density at radius 1 is 1.71 bits per heavy atom. The standard InChI is InChI=1S/C5H9ClSi/c1-7(6)4-2-3-5-7/h2,4H,3,5H2,1H3. The second kappa shape index (κ2) is 1.64. The molecule has 0 aromatic heterocycles. The molecule has 0 radical (unpaired) electrons. The van der Waals surface area contributed by atoms with Crippen LogP contribution in [0, 0.1) is 0 Å². The van der Waals surface area contributed by atoms with Crippen LogP contribution in [0.2, 0.25) is 12.6 Å². The minimum Gasteiger partial charge on any atom is -0.162 e. The molecular formula is C5H9ClSi. The van der Waals surface area contributed by atoms with Gasteiger partial charge in [-0.1, -0.05) is 18.3 Å². The van der Waals surface area contributed by atoms with Gasteiger partial charge in [0.2, 0.25) is 0 Å². The van der Waals surface area contributed by atoms with Gasteiger partial charge in [0.05, 0.1) is 0 Å². The fourth-order valence-corrected chi connectivity index (χ4v) is 2.93. The van der Waals surface area contributed by atoms with Crippen molar-refractivity contribution in [2.45, 2.75) is 19.0 Å². The quantitative estimate of drug-likeness (QED) is 0.351. The van der Waals surface area contributed by atoms with E-state index in [9.17, 15) is 0 Å². The van der Waals surface area contributed by atoms with Crippen molar-refractivity contribution in [2.75, 3.05) is 0 Å². The number of halogens is 1. The Bertz CT molecular complexity index is 96.3. The van der Waals surface area contributed by atoms with E-state index in [1.165, 1.54) is 12.5 Å². The number of allylic oxidation sites excluding steroid dienone is 1. The minimum absolute atomic E-state index is 1.21. The molecule has 40 valence electrons. The van der Waals surface area contributed by atoms with Gasteiger partial charge in [-0.15, -0.1) is 0 Å². The van der Waals surface area contributed by atoms with E-state index in [0.29, 0.717) is 0 Å². The summed E-state index contributed by atoms with van der Waals surface area (Å²) in [7, 11) is -1.25. The Labute approximate surface area is 49.9 Å². The third-order valence-electron chi connectivity index (χ3n) is 1.27. The minimum atomic E-state index is -1.25. The van der Waals surface area contributed by atoms with Crippen molar-refractivity contribution in [1.82, 2.24) is 0 Å². The molecule has 0 amide bonds. The van der Waals surface area contributed by atoms with Crippen LogP contribution in [0.15, 0.2) is 11.8 Å². The fraction of sp³-hybridized carbons (Fsp3) is 0.600. The van der Waals surface area contributed by atoms with Crippen LogP contribution >= 0.6 is 11.1 Å². The molecule has 1 aliphatic heterocycles. The molecule has 0 fully saturated rings. The van der Waals surface area contributed by atoms with Gasteiger partial charge in [0.25, 0.3) is 0 Å². The molecule has 1 atom stereocenters. The average Bonchev–Trinajstić information content (AvgIpc) is 1.84. The maximum absolute atomic E-state index is 6.02. The molecule has 0 aromatic carbocycles. The van der Waals surface area contributed by atoms with Crippen LogP contribution in [0.3, 0.4) is 0 Å². The summed E-state index contributed by atoms with van der Waals surface area (Å²) >= 11 is 6.02. The van der Waals surface area contributed by atoms with Crippen molar-refractivity contribution >= 4 is 18.5 Å². The number of hydrogen-bond acceptors (Lipinski definition) is 0. The Balaban J connectivity index is 2.57. The largest absolute Gasteiger partial charge is 0.176 e. The highest BCUT2D eigenvalue weighted by Crippen LogP contribution is 2.24. The second-order valence-corrected chi connectivity index (χ2v) is 8.20. The summed E-state index contributed by atoms with van der Waals surface area (Å²) in [6.45, 7) is 2.18. The van der Waals surface area contributed by atoms with Crippen LogP contribution in [0.25, 0.3) is 0 Å². The molecule has 1 heterocycles. The molecule has 0 spiro atoms. The Morgan fingerprint density at radius 2 is 2.43 bits per heavy atom. The SMILES string of the molecule is C[Si]1(Cl)C=CCC1. The lowest BCUT2D eigenvalue weighted by Gasteiger charge is -2.04. The van der Waals surface area contributed by atoms with Gasteiger partial charge in [0.15, 0.2) is 7.38 Å². The predicted molar refractivity (Wildman–Crippen MR) is 36.0 cm³/mol. The van der Waals surface area contributed by atoms with E-state index in [4.69, 9.17) is 11.1 Å². The van der Waals surface area contributed by atoms with Crippen LogP contribution in [0.4, 0.5) is 0 Å². The van der Waals surface area contributed by atoms with Crippen LogP contribution in [-0.4, -0.2) is 7.38 Å². The van der Waals surface area contributed by atoms with Crippen LogP contribution in [-0.2, 0) is 0 Å². The summed E-state index contributed by atoms with van der Waals surface area (Å²) < 4.78 is 0. The normalized spacial score (nSPS) is 39.7. The van der Waals surface area contributed by atoms with Crippen molar-refractivity contribution in [3.63, 3.8) is 0 Å². The van der Waals surface area contributed by atoms with Gasteiger partial charge in [-0.25, -0.2) is 0 Å². The van der Waals surface area contributed by atoms with Crippen LogP contribution < -0.4 is 0 Å². The topological polar surface area (TPSA) is 0 Å². The first-order chi connectivity index (χ1) is 3.21. The van der Waals surface area contributed by atoms with E-state index in [0.717, 1.165) is 0 Å². The van der Waals surface area contributed by atoms with Crippen molar-refractivity contribution in [3.05, 3.63) is 11.8 Å². The van der Waals surface area contributed by atoms with Crippen molar-refractivity contribution < 1.29 is 0 Å². The van der Waals surface area contributed by atoms with Crippen LogP contribution in [0.1, 0.15) is 6.42 Å². The highest BCUT2D eigenvalue weighted by molar-refractivity contribution is 7.22. The van der Waals surface area contributed by atoms with Gasteiger partial charge in [0.1, 0.15) is 0 Å². The molecule has 0 aromatic rings. The first-order valence-electron chi connectivity index (χ1n) is 2.57. The number of rotatable bonds is 0. The van der Waals surface area contributed by atoms with E-state index in [2.05, 4.69) is 18.3 Å². The first-order valence-corrected chi connectivity index (χ1v) is 6.37. The fourth-order valence-electron chi connectivity index (χ4n) is 0.778. The first kappa shape index (κ1) is 5.38. The zero-order valence-corrected chi connectivity index (χ0v) is 6.20. The van der Waals surface area contributed by atoms with Gasteiger partial charge in [-0.2, -0.15) is 11.1 Å². The molecule has 0 N–H and O–H groups in total. The average molecular weight is 133 g/mol. The molecule has 0 saturated heterocycles. The molecule has 7 heavy (non-hydrogen) atoms. The highest BCUT2D eigenvalue weighted by Gasteiger charge is 2.22. The highest BCUT2D eigenvalue weighted by atomic mass is 35.6. The third kappa shape index (κ3) is 1.32.